The van der Waals surface area contributed by atoms with E-state index in [2.05, 4.69) is 4.74 Å². The molecule has 0 radical (unpaired) electrons. The van der Waals surface area contributed by atoms with E-state index in [1.165, 1.54) is 7.11 Å². The zero-order valence-electron chi connectivity index (χ0n) is 8.99. The minimum absolute atomic E-state index is 0.0294. The molecule has 0 heterocycles. The summed E-state index contributed by atoms with van der Waals surface area (Å²) in [5, 5.41) is 0. The molecule has 0 saturated heterocycles. The highest BCUT2D eigenvalue weighted by Crippen LogP contribution is 2.48. The van der Waals surface area contributed by atoms with Gasteiger partial charge in [0.1, 0.15) is 0 Å². The lowest BCUT2D eigenvalue weighted by atomic mass is 10.5. The third-order valence-electron chi connectivity index (χ3n) is 1.55. The van der Waals surface area contributed by atoms with E-state index < -0.39 is 13.6 Å². The zero-order valence-corrected chi connectivity index (χ0v) is 11.4. The first-order chi connectivity index (χ1) is 7.58. The van der Waals surface area contributed by atoms with Crippen LogP contribution in [-0.2, 0) is 23.1 Å². The van der Waals surface area contributed by atoms with Crippen molar-refractivity contribution < 1.29 is 23.1 Å². The fourth-order valence-corrected chi connectivity index (χ4v) is 2.74. The standard InChI is InChI=1S/C8H15Cl2O5P/c1-13-8(11)2-7-16(12,14-5-3-9)15-6-4-10/h2-7H2,1H3. The highest BCUT2D eigenvalue weighted by Gasteiger charge is 2.25. The van der Waals surface area contributed by atoms with Crippen LogP contribution in [0.5, 0.6) is 0 Å². The van der Waals surface area contributed by atoms with Crippen LogP contribution in [0.4, 0.5) is 0 Å². The van der Waals surface area contributed by atoms with Crippen LogP contribution in [0.1, 0.15) is 6.42 Å². The number of esters is 1. The molecule has 0 amide bonds. The molecule has 0 aromatic rings. The van der Waals surface area contributed by atoms with E-state index in [0.29, 0.717) is 0 Å². The summed E-state index contributed by atoms with van der Waals surface area (Å²) in [6, 6.07) is 0. The number of ether oxygens (including phenoxy) is 1. The van der Waals surface area contributed by atoms with Crippen LogP contribution in [0.3, 0.4) is 0 Å². The highest BCUT2D eigenvalue weighted by atomic mass is 35.5. The van der Waals surface area contributed by atoms with Crippen molar-refractivity contribution in [1.29, 1.82) is 0 Å². The summed E-state index contributed by atoms with van der Waals surface area (Å²) >= 11 is 10.8. The Labute approximate surface area is 105 Å². The Kier molecular flexibility index (Phi) is 9.37. The topological polar surface area (TPSA) is 61.8 Å². The van der Waals surface area contributed by atoms with Gasteiger partial charge >= 0.3 is 13.6 Å². The first-order valence-electron chi connectivity index (χ1n) is 4.65. The summed E-state index contributed by atoms with van der Waals surface area (Å²) in [6.45, 7) is 0.199. The zero-order chi connectivity index (χ0) is 12.4. The largest absolute Gasteiger partial charge is 0.469 e. The molecule has 0 aliphatic rings. The second-order valence-corrected chi connectivity index (χ2v) is 5.65. The summed E-state index contributed by atoms with van der Waals surface area (Å²) in [7, 11) is -2.03. The van der Waals surface area contributed by atoms with E-state index in [-0.39, 0.29) is 37.6 Å². The van der Waals surface area contributed by atoms with E-state index in [1.54, 1.807) is 0 Å². The first-order valence-corrected chi connectivity index (χ1v) is 7.44. The highest BCUT2D eigenvalue weighted by molar-refractivity contribution is 7.53. The number of hydrogen-bond donors (Lipinski definition) is 0. The van der Waals surface area contributed by atoms with E-state index in [1.807, 2.05) is 0 Å². The quantitative estimate of drug-likeness (QED) is 0.371. The van der Waals surface area contributed by atoms with Crippen LogP contribution in [0.25, 0.3) is 0 Å². The van der Waals surface area contributed by atoms with Crippen molar-refractivity contribution in [3.63, 3.8) is 0 Å². The van der Waals surface area contributed by atoms with Crippen molar-refractivity contribution in [2.24, 2.45) is 0 Å². The predicted molar refractivity (Wildman–Crippen MR) is 62.5 cm³/mol. The number of hydrogen-bond acceptors (Lipinski definition) is 5. The summed E-state index contributed by atoms with van der Waals surface area (Å²) in [5.74, 6) is -0.0667. The van der Waals surface area contributed by atoms with Gasteiger partial charge in [-0.2, -0.15) is 0 Å². The molecule has 0 atom stereocenters. The molecule has 0 saturated carbocycles. The number of methoxy groups -OCH3 is 1. The van der Waals surface area contributed by atoms with Crippen LogP contribution in [0.2, 0.25) is 0 Å². The number of rotatable bonds is 9. The number of alkyl halides is 2. The summed E-state index contributed by atoms with van der Waals surface area (Å²) < 4.78 is 26.4. The average Bonchev–Trinajstić information content (AvgIpc) is 2.31. The molecule has 0 aromatic carbocycles. The van der Waals surface area contributed by atoms with Gasteiger partial charge in [-0.15, -0.1) is 23.2 Å². The number of carbonyl (C=O) groups excluding carboxylic acids is 1. The average molecular weight is 293 g/mol. The van der Waals surface area contributed by atoms with Gasteiger partial charge in [0.25, 0.3) is 0 Å². The fourth-order valence-electron chi connectivity index (χ4n) is 0.844. The molecular formula is C8H15Cl2O5P. The molecule has 0 aromatic heterocycles. The van der Waals surface area contributed by atoms with Crippen LogP contribution < -0.4 is 0 Å². The van der Waals surface area contributed by atoms with Gasteiger partial charge in [0, 0.05) is 11.8 Å². The van der Waals surface area contributed by atoms with Crippen molar-refractivity contribution in [3.8, 4) is 0 Å². The van der Waals surface area contributed by atoms with Gasteiger partial charge in [0.15, 0.2) is 0 Å². The summed E-state index contributed by atoms with van der Waals surface area (Å²) in [4.78, 5) is 10.9. The molecule has 0 fully saturated rings. The lowest BCUT2D eigenvalue weighted by Gasteiger charge is -2.16. The number of carbonyl (C=O) groups is 1. The van der Waals surface area contributed by atoms with Gasteiger partial charge in [-0.3, -0.25) is 9.36 Å². The van der Waals surface area contributed by atoms with Crippen molar-refractivity contribution in [2.75, 3.05) is 38.2 Å². The van der Waals surface area contributed by atoms with E-state index >= 15 is 0 Å². The Bertz CT molecular complexity index is 237. The fraction of sp³-hybridized carbons (Fsp3) is 0.875. The second-order valence-electron chi connectivity index (χ2n) is 2.71. The SMILES string of the molecule is COC(=O)CCP(=O)(OCCCl)OCCCl. The Balaban J connectivity index is 4.17. The molecule has 0 rings (SSSR count). The van der Waals surface area contributed by atoms with Crippen LogP contribution in [0, 0.1) is 0 Å². The Morgan fingerprint density at radius 2 is 1.69 bits per heavy atom. The van der Waals surface area contributed by atoms with Crippen molar-refractivity contribution >= 4 is 36.8 Å². The third kappa shape index (κ3) is 7.47. The second kappa shape index (κ2) is 9.25. The molecule has 0 unspecified atom stereocenters. The molecule has 0 N–H and O–H groups in total. The van der Waals surface area contributed by atoms with E-state index in [0.717, 1.165) is 0 Å². The monoisotopic (exact) mass is 292 g/mol. The molecule has 0 aliphatic heterocycles. The van der Waals surface area contributed by atoms with Crippen molar-refractivity contribution in [3.05, 3.63) is 0 Å². The molecule has 0 aliphatic carbocycles. The molecule has 8 heteroatoms. The van der Waals surface area contributed by atoms with Crippen LogP contribution in [0.15, 0.2) is 0 Å². The maximum Gasteiger partial charge on any atom is 0.331 e. The van der Waals surface area contributed by atoms with Gasteiger partial charge in [-0.25, -0.2) is 0 Å². The maximum absolute atomic E-state index is 12.0. The van der Waals surface area contributed by atoms with E-state index in [4.69, 9.17) is 32.2 Å². The number of halogens is 2. The Morgan fingerprint density at radius 1 is 1.19 bits per heavy atom. The molecule has 5 nitrogen and oxygen atoms in total. The van der Waals surface area contributed by atoms with Gasteiger partial charge in [0.05, 0.1) is 32.9 Å². The van der Waals surface area contributed by atoms with Gasteiger partial charge in [-0.1, -0.05) is 0 Å². The maximum atomic E-state index is 12.0. The lowest BCUT2D eigenvalue weighted by Crippen LogP contribution is -2.09. The minimum Gasteiger partial charge on any atom is -0.469 e. The first kappa shape index (κ1) is 16.2. The minimum atomic E-state index is -3.29. The molecule has 96 valence electrons. The van der Waals surface area contributed by atoms with Crippen molar-refractivity contribution in [1.82, 2.24) is 0 Å². The van der Waals surface area contributed by atoms with Gasteiger partial charge < -0.3 is 13.8 Å². The van der Waals surface area contributed by atoms with Gasteiger partial charge in [-0.05, 0) is 0 Å². The van der Waals surface area contributed by atoms with Crippen molar-refractivity contribution in [2.45, 2.75) is 6.42 Å². The molecule has 16 heavy (non-hydrogen) atoms. The normalized spacial score (nSPS) is 11.4. The molecular weight excluding hydrogens is 278 g/mol. The van der Waals surface area contributed by atoms with Crippen LogP contribution >= 0.6 is 30.8 Å². The lowest BCUT2D eigenvalue weighted by molar-refractivity contribution is -0.140. The molecule has 0 spiro atoms. The van der Waals surface area contributed by atoms with Gasteiger partial charge in [0.2, 0.25) is 0 Å². The molecule has 0 bridgehead atoms. The predicted octanol–water partition coefficient (Wildman–Crippen LogP) is 2.25. The Morgan fingerprint density at radius 3 is 2.06 bits per heavy atom. The smallest absolute Gasteiger partial charge is 0.331 e. The summed E-state index contributed by atoms with van der Waals surface area (Å²) in [5.41, 5.74) is 0. The van der Waals surface area contributed by atoms with Crippen LogP contribution in [-0.4, -0.2) is 44.2 Å². The van der Waals surface area contributed by atoms with E-state index in [9.17, 15) is 9.36 Å². The Hall–Kier alpha value is 0.200. The third-order valence-corrected chi connectivity index (χ3v) is 3.78. The summed E-state index contributed by atoms with van der Waals surface area (Å²) in [6.07, 6.45) is -0.0637.